The van der Waals surface area contributed by atoms with E-state index < -0.39 is 10.0 Å². The van der Waals surface area contributed by atoms with Gasteiger partial charge in [-0.25, -0.2) is 13.1 Å². The summed E-state index contributed by atoms with van der Waals surface area (Å²) in [5, 5.41) is 3.31. The van der Waals surface area contributed by atoms with Crippen LogP contribution >= 0.6 is 12.4 Å². The maximum atomic E-state index is 12.7. The number of sulfonamides is 1. The summed E-state index contributed by atoms with van der Waals surface area (Å²) in [5.41, 5.74) is 1.65. The lowest BCUT2D eigenvalue weighted by atomic mass is 10.1. The number of halogens is 1. The normalized spacial score (nSPS) is 17.4. The fraction of sp³-hybridized carbons (Fsp3) is 0.333. The first kappa shape index (κ1) is 18.9. The van der Waals surface area contributed by atoms with E-state index in [0.29, 0.717) is 17.4 Å². The summed E-state index contributed by atoms with van der Waals surface area (Å²) >= 11 is 0. The maximum Gasteiger partial charge on any atom is 0.241 e. The van der Waals surface area contributed by atoms with E-state index in [1.807, 2.05) is 42.5 Å². The molecule has 2 aromatic rings. The fourth-order valence-corrected chi connectivity index (χ4v) is 4.27. The van der Waals surface area contributed by atoms with Crippen LogP contribution in [0.4, 0.5) is 0 Å². The first-order valence-corrected chi connectivity index (χ1v) is 9.50. The van der Waals surface area contributed by atoms with Crippen molar-refractivity contribution in [2.24, 2.45) is 5.92 Å². The van der Waals surface area contributed by atoms with Gasteiger partial charge in [0.1, 0.15) is 0 Å². The third kappa shape index (κ3) is 4.57. The van der Waals surface area contributed by atoms with Crippen LogP contribution in [-0.2, 0) is 10.0 Å². The highest BCUT2D eigenvalue weighted by Crippen LogP contribution is 2.26. The summed E-state index contributed by atoms with van der Waals surface area (Å²) in [7, 11) is -3.50. The van der Waals surface area contributed by atoms with Gasteiger partial charge in [-0.1, -0.05) is 48.5 Å². The molecule has 0 amide bonds. The largest absolute Gasteiger partial charge is 0.316 e. The van der Waals surface area contributed by atoms with E-state index in [1.54, 1.807) is 12.1 Å². The molecule has 0 saturated carbocycles. The molecule has 24 heavy (non-hydrogen) atoms. The van der Waals surface area contributed by atoms with Gasteiger partial charge in [0.25, 0.3) is 0 Å². The Morgan fingerprint density at radius 3 is 2.46 bits per heavy atom. The highest BCUT2D eigenvalue weighted by Gasteiger charge is 2.20. The smallest absolute Gasteiger partial charge is 0.241 e. The molecular formula is C18H23ClN2O2S. The summed E-state index contributed by atoms with van der Waals surface area (Å²) < 4.78 is 28.1. The molecule has 2 N–H and O–H groups in total. The van der Waals surface area contributed by atoms with Crippen LogP contribution < -0.4 is 10.0 Å². The van der Waals surface area contributed by atoms with Crippen LogP contribution in [0.1, 0.15) is 12.8 Å². The van der Waals surface area contributed by atoms with E-state index in [0.717, 1.165) is 37.1 Å². The van der Waals surface area contributed by atoms with Gasteiger partial charge in [0.2, 0.25) is 10.0 Å². The third-order valence-corrected chi connectivity index (χ3v) is 5.79. The summed E-state index contributed by atoms with van der Waals surface area (Å²) in [6.45, 7) is 2.51. The number of hydrogen-bond acceptors (Lipinski definition) is 3. The van der Waals surface area contributed by atoms with Gasteiger partial charge in [0, 0.05) is 12.1 Å². The zero-order chi connectivity index (χ0) is 16.1. The highest BCUT2D eigenvalue weighted by molar-refractivity contribution is 7.89. The zero-order valence-corrected chi connectivity index (χ0v) is 15.1. The van der Waals surface area contributed by atoms with Gasteiger partial charge in [-0.3, -0.25) is 0 Å². The van der Waals surface area contributed by atoms with Crippen molar-refractivity contribution >= 4 is 22.4 Å². The number of hydrogen-bond donors (Lipinski definition) is 2. The number of benzene rings is 2. The standard InChI is InChI=1S/C18H22N2O2S.ClH/c21-23(22,20-13-11-15-10-12-19-14-15)18-9-5-4-8-17(18)16-6-2-1-3-7-16;/h1-9,15,19-20H,10-14H2;1H. The second-order valence-electron chi connectivity index (χ2n) is 5.91. The van der Waals surface area contributed by atoms with E-state index in [9.17, 15) is 8.42 Å². The molecule has 6 heteroatoms. The first-order chi connectivity index (χ1) is 11.2. The van der Waals surface area contributed by atoms with Crippen LogP contribution in [0.5, 0.6) is 0 Å². The zero-order valence-electron chi connectivity index (χ0n) is 13.4. The molecule has 0 radical (unpaired) electrons. The quantitative estimate of drug-likeness (QED) is 0.826. The van der Waals surface area contributed by atoms with Crippen molar-refractivity contribution in [3.05, 3.63) is 54.6 Å². The van der Waals surface area contributed by atoms with E-state index in [-0.39, 0.29) is 12.4 Å². The molecule has 1 saturated heterocycles. The van der Waals surface area contributed by atoms with Crippen molar-refractivity contribution in [2.75, 3.05) is 19.6 Å². The second kappa shape index (κ2) is 8.62. The Bertz CT molecular complexity index is 745. The van der Waals surface area contributed by atoms with Crippen molar-refractivity contribution in [3.8, 4) is 11.1 Å². The Morgan fingerprint density at radius 1 is 1.04 bits per heavy atom. The molecule has 0 aromatic heterocycles. The molecular weight excluding hydrogens is 344 g/mol. The first-order valence-electron chi connectivity index (χ1n) is 8.02. The molecule has 1 atom stereocenters. The Labute approximate surface area is 150 Å². The van der Waals surface area contributed by atoms with Crippen molar-refractivity contribution in [3.63, 3.8) is 0 Å². The lowest BCUT2D eigenvalue weighted by Gasteiger charge is -2.13. The Balaban J connectivity index is 0.00000208. The molecule has 0 aliphatic carbocycles. The predicted octanol–water partition coefficient (Wildman–Crippen LogP) is 3.05. The van der Waals surface area contributed by atoms with Gasteiger partial charge in [-0.15, -0.1) is 12.4 Å². The third-order valence-electron chi connectivity index (χ3n) is 4.27. The van der Waals surface area contributed by atoms with Crippen LogP contribution in [0.15, 0.2) is 59.5 Å². The van der Waals surface area contributed by atoms with Crippen LogP contribution in [-0.4, -0.2) is 28.1 Å². The van der Waals surface area contributed by atoms with Crippen LogP contribution in [0.2, 0.25) is 0 Å². The van der Waals surface area contributed by atoms with Crippen molar-refractivity contribution < 1.29 is 8.42 Å². The Morgan fingerprint density at radius 2 is 1.75 bits per heavy atom. The monoisotopic (exact) mass is 366 g/mol. The van der Waals surface area contributed by atoms with Crippen molar-refractivity contribution in [1.82, 2.24) is 10.0 Å². The van der Waals surface area contributed by atoms with Crippen LogP contribution in [0.25, 0.3) is 11.1 Å². The van der Waals surface area contributed by atoms with Crippen LogP contribution in [0, 0.1) is 5.92 Å². The van der Waals surface area contributed by atoms with Gasteiger partial charge in [0.15, 0.2) is 0 Å². The average Bonchev–Trinajstić information content (AvgIpc) is 3.09. The Hall–Kier alpha value is -1.40. The summed E-state index contributed by atoms with van der Waals surface area (Å²) in [6.07, 6.45) is 2.00. The molecule has 1 aliphatic rings. The summed E-state index contributed by atoms with van der Waals surface area (Å²) in [6, 6.07) is 16.8. The van der Waals surface area contributed by atoms with E-state index in [1.165, 1.54) is 0 Å². The molecule has 1 aliphatic heterocycles. The molecule has 1 fully saturated rings. The minimum Gasteiger partial charge on any atom is -0.316 e. The van der Waals surface area contributed by atoms with Gasteiger partial charge < -0.3 is 5.32 Å². The predicted molar refractivity (Wildman–Crippen MR) is 99.9 cm³/mol. The fourth-order valence-electron chi connectivity index (χ4n) is 2.99. The average molecular weight is 367 g/mol. The lowest BCUT2D eigenvalue weighted by molar-refractivity contribution is 0.519. The SMILES string of the molecule is Cl.O=S(=O)(NCCC1CCNC1)c1ccccc1-c1ccccc1. The minimum atomic E-state index is -3.50. The summed E-state index contributed by atoms with van der Waals surface area (Å²) in [5.74, 6) is 0.571. The van der Waals surface area contributed by atoms with Gasteiger partial charge in [0.05, 0.1) is 4.90 Å². The van der Waals surface area contributed by atoms with Gasteiger partial charge in [-0.05, 0) is 43.5 Å². The molecule has 1 heterocycles. The molecule has 1 unspecified atom stereocenters. The van der Waals surface area contributed by atoms with E-state index in [4.69, 9.17) is 0 Å². The maximum absolute atomic E-state index is 12.7. The van der Waals surface area contributed by atoms with Gasteiger partial charge >= 0.3 is 0 Å². The summed E-state index contributed by atoms with van der Waals surface area (Å²) in [4.78, 5) is 0.343. The molecule has 0 spiro atoms. The van der Waals surface area contributed by atoms with E-state index >= 15 is 0 Å². The van der Waals surface area contributed by atoms with E-state index in [2.05, 4.69) is 10.0 Å². The highest BCUT2D eigenvalue weighted by atomic mass is 35.5. The second-order valence-corrected chi connectivity index (χ2v) is 7.64. The van der Waals surface area contributed by atoms with Gasteiger partial charge in [-0.2, -0.15) is 0 Å². The molecule has 2 aromatic carbocycles. The minimum absolute atomic E-state index is 0. The lowest BCUT2D eigenvalue weighted by Crippen LogP contribution is -2.27. The van der Waals surface area contributed by atoms with Crippen molar-refractivity contribution in [1.29, 1.82) is 0 Å². The Kier molecular flexibility index (Phi) is 6.80. The molecule has 0 bridgehead atoms. The topological polar surface area (TPSA) is 58.2 Å². The molecule has 3 rings (SSSR count). The molecule has 130 valence electrons. The number of nitrogens with one attached hydrogen (secondary N) is 2. The molecule has 4 nitrogen and oxygen atoms in total. The van der Waals surface area contributed by atoms with Crippen molar-refractivity contribution in [2.45, 2.75) is 17.7 Å². The number of rotatable bonds is 6. The van der Waals surface area contributed by atoms with Crippen LogP contribution in [0.3, 0.4) is 0 Å².